The third kappa shape index (κ3) is 7.98. The van der Waals surface area contributed by atoms with E-state index >= 15 is 0 Å². The highest BCUT2D eigenvalue weighted by molar-refractivity contribution is 5.94. The van der Waals surface area contributed by atoms with Gasteiger partial charge in [-0.2, -0.15) is 0 Å². The molecule has 0 aliphatic carbocycles. The van der Waals surface area contributed by atoms with E-state index in [-0.39, 0.29) is 5.91 Å². The number of rotatable bonds is 14. The van der Waals surface area contributed by atoms with E-state index in [4.69, 9.17) is 14.2 Å². The van der Waals surface area contributed by atoms with E-state index in [9.17, 15) is 4.79 Å². The highest BCUT2D eigenvalue weighted by Crippen LogP contribution is 2.38. The molecule has 0 spiro atoms. The van der Waals surface area contributed by atoms with Gasteiger partial charge >= 0.3 is 0 Å². The number of methoxy groups -OCH3 is 3. The Kier molecular flexibility index (Phi) is 11.3. The molecule has 148 valence electrons. The topological polar surface area (TPSA) is 56.8 Å². The van der Waals surface area contributed by atoms with Crippen LogP contribution in [0.25, 0.3) is 0 Å². The summed E-state index contributed by atoms with van der Waals surface area (Å²) in [5, 5.41) is 2.91. The second-order valence-corrected chi connectivity index (χ2v) is 6.53. The summed E-state index contributed by atoms with van der Waals surface area (Å²) >= 11 is 0. The third-order valence-electron chi connectivity index (χ3n) is 4.49. The van der Waals surface area contributed by atoms with E-state index in [1.54, 1.807) is 33.5 Å². The fourth-order valence-electron chi connectivity index (χ4n) is 2.93. The Morgan fingerprint density at radius 1 is 0.808 bits per heavy atom. The number of benzene rings is 1. The first-order valence-electron chi connectivity index (χ1n) is 9.76. The number of amides is 1. The van der Waals surface area contributed by atoms with Crippen LogP contribution in [0.15, 0.2) is 12.1 Å². The number of hydrogen-bond donors (Lipinski definition) is 1. The van der Waals surface area contributed by atoms with Gasteiger partial charge in [0.05, 0.1) is 21.3 Å². The number of unbranched alkanes of at least 4 members (excludes halogenated alkanes) is 8. The van der Waals surface area contributed by atoms with Crippen molar-refractivity contribution in [3.05, 3.63) is 12.1 Å². The van der Waals surface area contributed by atoms with Crippen molar-refractivity contribution < 1.29 is 19.0 Å². The Morgan fingerprint density at radius 2 is 1.31 bits per heavy atom. The first-order valence-corrected chi connectivity index (χ1v) is 9.76. The van der Waals surface area contributed by atoms with Gasteiger partial charge in [0.15, 0.2) is 0 Å². The lowest BCUT2D eigenvalue weighted by atomic mass is 10.1. The van der Waals surface area contributed by atoms with E-state index in [2.05, 4.69) is 12.2 Å². The van der Waals surface area contributed by atoms with E-state index in [1.807, 2.05) is 0 Å². The largest absolute Gasteiger partial charge is 0.496 e. The summed E-state index contributed by atoms with van der Waals surface area (Å²) in [7, 11) is 4.70. The molecule has 0 bridgehead atoms. The summed E-state index contributed by atoms with van der Waals surface area (Å²) in [5.41, 5.74) is 0.553. The van der Waals surface area contributed by atoms with Crippen LogP contribution in [0.1, 0.15) is 71.1 Å². The molecule has 0 aromatic heterocycles. The molecule has 0 aliphatic rings. The molecular formula is C21H35NO4. The van der Waals surface area contributed by atoms with Gasteiger partial charge in [0.25, 0.3) is 0 Å². The molecule has 0 radical (unpaired) electrons. The maximum Gasteiger partial charge on any atom is 0.224 e. The zero-order valence-corrected chi connectivity index (χ0v) is 16.9. The van der Waals surface area contributed by atoms with Crippen LogP contribution in [0.3, 0.4) is 0 Å². The second-order valence-electron chi connectivity index (χ2n) is 6.53. The molecule has 1 aromatic carbocycles. The molecule has 26 heavy (non-hydrogen) atoms. The van der Waals surface area contributed by atoms with Crippen LogP contribution >= 0.6 is 0 Å². The van der Waals surface area contributed by atoms with Crippen molar-refractivity contribution in [1.82, 2.24) is 0 Å². The van der Waals surface area contributed by atoms with Crippen LogP contribution in [0.5, 0.6) is 17.2 Å². The number of hydrogen-bond acceptors (Lipinski definition) is 4. The molecule has 0 saturated carbocycles. The molecule has 0 fully saturated rings. The maximum atomic E-state index is 12.3. The first kappa shape index (κ1) is 22.1. The van der Waals surface area contributed by atoms with Crippen LogP contribution in [-0.4, -0.2) is 27.2 Å². The summed E-state index contributed by atoms with van der Waals surface area (Å²) in [4.78, 5) is 12.3. The van der Waals surface area contributed by atoms with Crippen molar-refractivity contribution >= 4 is 11.6 Å². The molecule has 5 nitrogen and oxygen atoms in total. The summed E-state index contributed by atoms with van der Waals surface area (Å²) < 4.78 is 15.9. The molecule has 1 N–H and O–H groups in total. The smallest absolute Gasteiger partial charge is 0.224 e. The molecule has 1 rings (SSSR count). The second kappa shape index (κ2) is 13.3. The van der Waals surface area contributed by atoms with Crippen molar-refractivity contribution in [3.63, 3.8) is 0 Å². The number of nitrogens with one attached hydrogen (secondary N) is 1. The van der Waals surface area contributed by atoms with Gasteiger partial charge in [0, 0.05) is 18.6 Å². The zero-order valence-electron chi connectivity index (χ0n) is 16.9. The minimum atomic E-state index is -0.0188. The van der Waals surface area contributed by atoms with Crippen molar-refractivity contribution in [2.75, 3.05) is 26.6 Å². The minimum absolute atomic E-state index is 0.0188. The highest BCUT2D eigenvalue weighted by atomic mass is 16.5. The Hall–Kier alpha value is -1.91. The van der Waals surface area contributed by atoms with Gasteiger partial charge in [0.2, 0.25) is 5.91 Å². The number of carbonyl (C=O) groups is 1. The van der Waals surface area contributed by atoms with Crippen LogP contribution < -0.4 is 19.5 Å². The molecule has 0 unspecified atom stereocenters. The number of anilines is 1. The van der Waals surface area contributed by atoms with Gasteiger partial charge in [-0.05, 0) is 6.42 Å². The van der Waals surface area contributed by atoms with Crippen LogP contribution in [0.2, 0.25) is 0 Å². The van der Waals surface area contributed by atoms with Crippen LogP contribution in [-0.2, 0) is 4.79 Å². The van der Waals surface area contributed by atoms with Gasteiger partial charge in [-0.25, -0.2) is 0 Å². The third-order valence-corrected chi connectivity index (χ3v) is 4.49. The number of carbonyl (C=O) groups excluding carboxylic acids is 1. The molecule has 0 heterocycles. The van der Waals surface area contributed by atoms with Crippen molar-refractivity contribution in [1.29, 1.82) is 0 Å². The lowest BCUT2D eigenvalue weighted by Gasteiger charge is -2.15. The average molecular weight is 366 g/mol. The van der Waals surface area contributed by atoms with Crippen molar-refractivity contribution in [2.45, 2.75) is 71.1 Å². The van der Waals surface area contributed by atoms with Gasteiger partial charge in [-0.1, -0.05) is 58.3 Å². The van der Waals surface area contributed by atoms with Gasteiger partial charge in [0.1, 0.15) is 22.9 Å². The van der Waals surface area contributed by atoms with E-state index in [0.717, 1.165) is 12.8 Å². The normalized spacial score (nSPS) is 10.5. The predicted octanol–water partition coefficient (Wildman–Crippen LogP) is 5.57. The molecule has 0 saturated heterocycles. The predicted molar refractivity (Wildman–Crippen MR) is 107 cm³/mol. The quantitative estimate of drug-likeness (QED) is 0.438. The summed E-state index contributed by atoms with van der Waals surface area (Å²) in [6, 6.07) is 3.47. The standard InChI is InChI=1S/C21H35NO4/c1-5-6-7-8-9-10-11-12-13-14-20(23)22-21-18(25-3)15-17(24-2)16-19(21)26-4/h15-16H,5-14H2,1-4H3,(H,22,23). The van der Waals surface area contributed by atoms with Crippen LogP contribution in [0.4, 0.5) is 5.69 Å². The zero-order chi connectivity index (χ0) is 19.2. The molecule has 0 atom stereocenters. The monoisotopic (exact) mass is 365 g/mol. The Balaban J connectivity index is 2.37. The van der Waals surface area contributed by atoms with Crippen molar-refractivity contribution in [2.24, 2.45) is 0 Å². The summed E-state index contributed by atoms with van der Waals surface area (Å²) in [6.07, 6.45) is 11.6. The lowest BCUT2D eigenvalue weighted by molar-refractivity contribution is -0.116. The fourth-order valence-corrected chi connectivity index (χ4v) is 2.93. The van der Waals surface area contributed by atoms with E-state index < -0.39 is 0 Å². The van der Waals surface area contributed by atoms with Gasteiger partial charge in [-0.3, -0.25) is 4.79 Å². The SMILES string of the molecule is CCCCCCCCCCCC(=O)Nc1c(OC)cc(OC)cc1OC. The fraction of sp³-hybridized carbons (Fsp3) is 0.667. The maximum absolute atomic E-state index is 12.3. The Bertz CT molecular complexity index is 506. The first-order chi connectivity index (χ1) is 12.7. The minimum Gasteiger partial charge on any atom is -0.496 e. The van der Waals surface area contributed by atoms with Gasteiger partial charge < -0.3 is 19.5 Å². The molecule has 1 aromatic rings. The summed E-state index contributed by atoms with van der Waals surface area (Å²) in [5.74, 6) is 1.66. The highest BCUT2D eigenvalue weighted by Gasteiger charge is 2.15. The van der Waals surface area contributed by atoms with E-state index in [0.29, 0.717) is 29.4 Å². The Morgan fingerprint density at radius 3 is 1.77 bits per heavy atom. The average Bonchev–Trinajstić information content (AvgIpc) is 2.66. The number of ether oxygens (including phenoxy) is 3. The molecule has 1 amide bonds. The lowest BCUT2D eigenvalue weighted by Crippen LogP contribution is -2.13. The van der Waals surface area contributed by atoms with Gasteiger partial charge in [-0.15, -0.1) is 0 Å². The molecule has 0 aliphatic heterocycles. The summed E-state index contributed by atoms with van der Waals surface area (Å²) in [6.45, 7) is 2.24. The Labute approximate surface area is 158 Å². The molecular weight excluding hydrogens is 330 g/mol. The van der Waals surface area contributed by atoms with E-state index in [1.165, 1.54) is 44.9 Å². The molecule has 5 heteroatoms. The van der Waals surface area contributed by atoms with Crippen LogP contribution in [0, 0.1) is 0 Å². The van der Waals surface area contributed by atoms with Crippen molar-refractivity contribution in [3.8, 4) is 17.2 Å².